The molecular weight excluding hydrogens is 265 g/mol. The first kappa shape index (κ1) is 14.0. The molecule has 0 radical (unpaired) electrons. The van der Waals surface area contributed by atoms with E-state index in [0.717, 1.165) is 0 Å². The molecule has 1 aromatic carbocycles. The molecule has 106 valence electrons. The fourth-order valence-corrected chi connectivity index (χ4v) is 1.52. The molecule has 1 aromatic heterocycles. The van der Waals surface area contributed by atoms with Gasteiger partial charge in [0.05, 0.1) is 6.54 Å². The predicted octanol–water partition coefficient (Wildman–Crippen LogP) is 1.60. The number of hydrogen-bond donors (Lipinski definition) is 1. The van der Waals surface area contributed by atoms with Gasteiger partial charge < -0.3 is 10.1 Å². The van der Waals surface area contributed by atoms with Gasteiger partial charge in [-0.15, -0.1) is 0 Å². The van der Waals surface area contributed by atoms with Gasteiger partial charge in [-0.05, 0) is 26.0 Å². The number of carbonyl (C=O) groups is 1. The van der Waals surface area contributed by atoms with E-state index < -0.39 is 11.9 Å². The standard InChI is InChI=1S/C13H14FN3O3/c1-8-12(17-20-16-8)7-15-13(18)9(2)19-11-5-3-4-10(14)6-11/h3-6,9H,7H2,1-2H3,(H,15,18)/t9-/m1/s1. The van der Waals surface area contributed by atoms with E-state index in [-0.39, 0.29) is 12.5 Å². The van der Waals surface area contributed by atoms with E-state index in [0.29, 0.717) is 17.1 Å². The highest BCUT2D eigenvalue weighted by Gasteiger charge is 2.16. The van der Waals surface area contributed by atoms with Gasteiger partial charge in [-0.25, -0.2) is 9.02 Å². The van der Waals surface area contributed by atoms with E-state index in [9.17, 15) is 9.18 Å². The molecule has 20 heavy (non-hydrogen) atoms. The zero-order valence-electron chi connectivity index (χ0n) is 11.1. The number of amides is 1. The number of carbonyl (C=O) groups excluding carboxylic acids is 1. The summed E-state index contributed by atoms with van der Waals surface area (Å²) in [4.78, 5) is 11.8. The number of nitrogens with one attached hydrogen (secondary N) is 1. The van der Waals surface area contributed by atoms with Crippen LogP contribution in [-0.4, -0.2) is 22.3 Å². The Kier molecular flexibility index (Phi) is 4.29. The summed E-state index contributed by atoms with van der Waals surface area (Å²) in [5.74, 6) is -0.456. The molecule has 0 aliphatic carbocycles. The van der Waals surface area contributed by atoms with Gasteiger partial charge in [-0.1, -0.05) is 16.4 Å². The maximum atomic E-state index is 13.0. The lowest BCUT2D eigenvalue weighted by molar-refractivity contribution is -0.127. The third-order valence-corrected chi connectivity index (χ3v) is 2.65. The second-order valence-electron chi connectivity index (χ2n) is 4.23. The average Bonchev–Trinajstić information content (AvgIpc) is 2.81. The van der Waals surface area contributed by atoms with Crippen LogP contribution < -0.4 is 10.1 Å². The van der Waals surface area contributed by atoms with Crippen molar-refractivity contribution in [2.45, 2.75) is 26.5 Å². The molecule has 1 N–H and O–H groups in total. The molecule has 0 saturated heterocycles. The van der Waals surface area contributed by atoms with E-state index in [1.807, 2.05) is 0 Å². The van der Waals surface area contributed by atoms with Crippen molar-refractivity contribution in [2.75, 3.05) is 0 Å². The van der Waals surface area contributed by atoms with E-state index >= 15 is 0 Å². The van der Waals surface area contributed by atoms with Crippen LogP contribution in [0.2, 0.25) is 0 Å². The molecule has 0 spiro atoms. The van der Waals surface area contributed by atoms with Gasteiger partial charge >= 0.3 is 0 Å². The number of nitrogens with zero attached hydrogens (tertiary/aromatic N) is 2. The fourth-order valence-electron chi connectivity index (χ4n) is 1.52. The van der Waals surface area contributed by atoms with Crippen LogP contribution in [0.4, 0.5) is 4.39 Å². The molecule has 6 nitrogen and oxygen atoms in total. The molecular formula is C13H14FN3O3. The number of aryl methyl sites for hydroxylation is 1. The number of ether oxygens (including phenoxy) is 1. The summed E-state index contributed by atoms with van der Waals surface area (Å²) < 4.78 is 22.9. The summed E-state index contributed by atoms with van der Waals surface area (Å²) in [5, 5.41) is 9.90. The minimum absolute atomic E-state index is 0.199. The fraction of sp³-hybridized carbons (Fsp3) is 0.308. The van der Waals surface area contributed by atoms with Gasteiger partial charge in [0, 0.05) is 6.07 Å². The molecule has 1 atom stereocenters. The Morgan fingerprint density at radius 3 is 2.95 bits per heavy atom. The molecule has 0 bridgehead atoms. The molecule has 0 unspecified atom stereocenters. The van der Waals surface area contributed by atoms with Crippen molar-refractivity contribution < 1.29 is 18.6 Å². The zero-order valence-corrected chi connectivity index (χ0v) is 11.1. The highest BCUT2D eigenvalue weighted by atomic mass is 19.1. The lowest BCUT2D eigenvalue weighted by Gasteiger charge is -2.14. The Morgan fingerprint density at radius 2 is 2.30 bits per heavy atom. The lowest BCUT2D eigenvalue weighted by atomic mass is 10.3. The van der Waals surface area contributed by atoms with Gasteiger partial charge in [-0.3, -0.25) is 4.79 Å². The Labute approximate surface area is 114 Å². The lowest BCUT2D eigenvalue weighted by Crippen LogP contribution is -2.36. The number of rotatable bonds is 5. The summed E-state index contributed by atoms with van der Waals surface area (Å²) in [6.07, 6.45) is -0.753. The normalized spacial score (nSPS) is 11.9. The van der Waals surface area contributed by atoms with E-state index in [1.165, 1.54) is 18.2 Å². The van der Waals surface area contributed by atoms with Crippen molar-refractivity contribution in [3.05, 3.63) is 41.5 Å². The number of aromatic nitrogens is 2. The predicted molar refractivity (Wildman–Crippen MR) is 67.4 cm³/mol. The summed E-state index contributed by atoms with van der Waals surface area (Å²) in [7, 11) is 0. The van der Waals surface area contributed by atoms with Gasteiger partial charge in [0.1, 0.15) is 23.0 Å². The smallest absolute Gasteiger partial charge is 0.261 e. The monoisotopic (exact) mass is 279 g/mol. The maximum Gasteiger partial charge on any atom is 0.261 e. The Hall–Kier alpha value is -2.44. The van der Waals surface area contributed by atoms with Crippen molar-refractivity contribution in [1.82, 2.24) is 15.6 Å². The molecule has 0 saturated carbocycles. The van der Waals surface area contributed by atoms with Crippen LogP contribution in [0, 0.1) is 12.7 Å². The SMILES string of the molecule is Cc1nonc1CNC(=O)[C@@H](C)Oc1cccc(F)c1. The van der Waals surface area contributed by atoms with Crippen molar-refractivity contribution in [1.29, 1.82) is 0 Å². The van der Waals surface area contributed by atoms with Crippen molar-refractivity contribution in [2.24, 2.45) is 0 Å². The number of halogens is 1. The summed E-state index contributed by atoms with van der Waals surface area (Å²) in [6.45, 7) is 3.50. The second kappa shape index (κ2) is 6.14. The van der Waals surface area contributed by atoms with Crippen molar-refractivity contribution in [3.8, 4) is 5.75 Å². The van der Waals surface area contributed by atoms with Crippen LogP contribution >= 0.6 is 0 Å². The number of benzene rings is 1. The minimum atomic E-state index is -0.753. The van der Waals surface area contributed by atoms with Crippen LogP contribution in [0.1, 0.15) is 18.3 Å². The molecule has 2 aromatic rings. The summed E-state index contributed by atoms with van der Waals surface area (Å²) in [5.41, 5.74) is 1.17. The van der Waals surface area contributed by atoms with Gasteiger partial charge in [0.25, 0.3) is 5.91 Å². The van der Waals surface area contributed by atoms with Crippen LogP contribution in [0.15, 0.2) is 28.9 Å². The van der Waals surface area contributed by atoms with Crippen LogP contribution in [-0.2, 0) is 11.3 Å². The summed E-state index contributed by atoms with van der Waals surface area (Å²) in [6, 6.07) is 5.62. The van der Waals surface area contributed by atoms with E-state index in [4.69, 9.17) is 4.74 Å². The van der Waals surface area contributed by atoms with Crippen molar-refractivity contribution in [3.63, 3.8) is 0 Å². The maximum absolute atomic E-state index is 13.0. The highest BCUT2D eigenvalue weighted by molar-refractivity contribution is 5.80. The van der Waals surface area contributed by atoms with Gasteiger partial charge in [-0.2, -0.15) is 0 Å². The molecule has 0 aliphatic rings. The Balaban J connectivity index is 1.87. The molecule has 7 heteroatoms. The first-order valence-corrected chi connectivity index (χ1v) is 6.04. The van der Waals surface area contributed by atoms with Crippen LogP contribution in [0.3, 0.4) is 0 Å². The minimum Gasteiger partial charge on any atom is -0.481 e. The third kappa shape index (κ3) is 3.53. The summed E-state index contributed by atoms with van der Waals surface area (Å²) >= 11 is 0. The van der Waals surface area contributed by atoms with E-state index in [2.05, 4.69) is 20.3 Å². The first-order chi connectivity index (χ1) is 9.56. The van der Waals surface area contributed by atoms with Gasteiger partial charge in [0.15, 0.2) is 6.10 Å². The quantitative estimate of drug-likeness (QED) is 0.899. The van der Waals surface area contributed by atoms with Crippen LogP contribution in [0.25, 0.3) is 0 Å². The first-order valence-electron chi connectivity index (χ1n) is 6.04. The second-order valence-corrected chi connectivity index (χ2v) is 4.23. The topological polar surface area (TPSA) is 77.3 Å². The largest absolute Gasteiger partial charge is 0.481 e. The Morgan fingerprint density at radius 1 is 1.50 bits per heavy atom. The average molecular weight is 279 g/mol. The Bertz CT molecular complexity index is 600. The molecule has 1 amide bonds. The van der Waals surface area contributed by atoms with Gasteiger partial charge in [0.2, 0.25) is 0 Å². The highest BCUT2D eigenvalue weighted by Crippen LogP contribution is 2.13. The van der Waals surface area contributed by atoms with E-state index in [1.54, 1.807) is 19.9 Å². The van der Waals surface area contributed by atoms with Crippen molar-refractivity contribution >= 4 is 5.91 Å². The molecule has 2 rings (SSSR count). The van der Waals surface area contributed by atoms with Crippen LogP contribution in [0.5, 0.6) is 5.75 Å². The molecule has 1 heterocycles. The third-order valence-electron chi connectivity index (χ3n) is 2.65. The molecule has 0 fully saturated rings. The number of hydrogen-bond acceptors (Lipinski definition) is 5. The molecule has 0 aliphatic heterocycles. The zero-order chi connectivity index (χ0) is 14.5.